The molecular weight excluding hydrogens is 275 g/mol. The molecule has 6 heteroatoms. The minimum absolute atomic E-state index is 0.0574. The van der Waals surface area contributed by atoms with Gasteiger partial charge in [-0.05, 0) is 20.0 Å². The molecule has 0 spiro atoms. The van der Waals surface area contributed by atoms with E-state index in [1.54, 1.807) is 19.2 Å². The van der Waals surface area contributed by atoms with Crippen LogP contribution < -0.4 is 10.1 Å². The van der Waals surface area contributed by atoms with E-state index < -0.39 is 0 Å². The number of hydrogen-bond donors (Lipinski definition) is 1. The van der Waals surface area contributed by atoms with Crippen LogP contribution in [0.1, 0.15) is 30.0 Å². The minimum atomic E-state index is -0.336. The summed E-state index contributed by atoms with van der Waals surface area (Å²) in [5.74, 6) is 0.782. The van der Waals surface area contributed by atoms with Crippen molar-refractivity contribution in [3.8, 4) is 5.75 Å². The number of aromatic nitrogens is 1. The summed E-state index contributed by atoms with van der Waals surface area (Å²) in [5.41, 5.74) is 1.52. The van der Waals surface area contributed by atoms with Gasteiger partial charge in [0.25, 0.3) is 0 Å². The molecule has 0 saturated heterocycles. The van der Waals surface area contributed by atoms with Crippen molar-refractivity contribution in [1.82, 2.24) is 10.5 Å². The summed E-state index contributed by atoms with van der Waals surface area (Å²) in [7, 11) is 3.42. The summed E-state index contributed by atoms with van der Waals surface area (Å²) >= 11 is 0. The first-order valence-electron chi connectivity index (χ1n) is 6.67. The Balaban J connectivity index is 2.09. The van der Waals surface area contributed by atoms with Crippen LogP contribution in [0.2, 0.25) is 0 Å². The highest BCUT2D eigenvalue weighted by Gasteiger charge is 2.12. The van der Waals surface area contributed by atoms with Crippen LogP contribution in [0, 0.1) is 5.82 Å². The molecule has 1 heterocycles. The molecule has 1 atom stereocenters. The Bertz CT molecular complexity index is 586. The van der Waals surface area contributed by atoms with Crippen LogP contribution in [-0.2, 0) is 18.0 Å². The first kappa shape index (κ1) is 15.5. The Morgan fingerprint density at radius 2 is 2.14 bits per heavy atom. The van der Waals surface area contributed by atoms with E-state index in [1.807, 2.05) is 14.0 Å². The van der Waals surface area contributed by atoms with Crippen molar-refractivity contribution in [3.63, 3.8) is 0 Å². The van der Waals surface area contributed by atoms with E-state index in [2.05, 4.69) is 10.5 Å². The fourth-order valence-electron chi connectivity index (χ4n) is 1.93. The first-order valence-corrected chi connectivity index (χ1v) is 6.67. The number of hydrogen-bond acceptors (Lipinski definition) is 5. The third-order valence-corrected chi connectivity index (χ3v) is 3.15. The predicted molar refractivity (Wildman–Crippen MR) is 75.4 cm³/mol. The number of benzene rings is 1. The SMILES string of the molecule is CNC(C)c1ccc(F)cc1OCc1cc(COC)on1. The van der Waals surface area contributed by atoms with Crippen molar-refractivity contribution in [1.29, 1.82) is 0 Å². The topological polar surface area (TPSA) is 56.5 Å². The second kappa shape index (κ2) is 7.19. The van der Waals surface area contributed by atoms with E-state index in [0.29, 0.717) is 23.8 Å². The maximum atomic E-state index is 13.4. The summed E-state index contributed by atoms with van der Waals surface area (Å²) in [6.45, 7) is 2.54. The van der Waals surface area contributed by atoms with Crippen LogP contribution in [0.3, 0.4) is 0 Å². The van der Waals surface area contributed by atoms with Gasteiger partial charge in [-0.15, -0.1) is 0 Å². The largest absolute Gasteiger partial charge is 0.487 e. The first-order chi connectivity index (χ1) is 10.1. The molecule has 0 amide bonds. The van der Waals surface area contributed by atoms with Gasteiger partial charge >= 0.3 is 0 Å². The summed E-state index contributed by atoms with van der Waals surface area (Å²) in [6, 6.07) is 6.32. The van der Waals surface area contributed by atoms with Gasteiger partial charge in [-0.3, -0.25) is 0 Å². The molecule has 21 heavy (non-hydrogen) atoms. The Hall–Kier alpha value is -1.92. The van der Waals surface area contributed by atoms with Gasteiger partial charge in [-0.25, -0.2) is 4.39 Å². The van der Waals surface area contributed by atoms with Gasteiger partial charge in [0.15, 0.2) is 5.76 Å². The molecule has 0 radical (unpaired) electrons. The van der Waals surface area contributed by atoms with Crippen LogP contribution in [0.4, 0.5) is 4.39 Å². The maximum Gasteiger partial charge on any atom is 0.162 e. The fourth-order valence-corrected chi connectivity index (χ4v) is 1.93. The van der Waals surface area contributed by atoms with Crippen molar-refractivity contribution < 1.29 is 18.4 Å². The van der Waals surface area contributed by atoms with Crippen molar-refractivity contribution >= 4 is 0 Å². The Morgan fingerprint density at radius 1 is 1.33 bits per heavy atom. The molecular formula is C15H19FN2O3. The van der Waals surface area contributed by atoms with Gasteiger partial charge in [0.1, 0.15) is 30.5 Å². The molecule has 2 rings (SSSR count). The van der Waals surface area contributed by atoms with Crippen molar-refractivity contribution in [2.24, 2.45) is 0 Å². The standard InChI is InChI=1S/C15H19FN2O3/c1-10(17-2)14-5-4-11(16)6-15(14)20-8-12-7-13(9-19-3)21-18-12/h4-7,10,17H,8-9H2,1-3H3. The zero-order valence-corrected chi connectivity index (χ0v) is 12.4. The third-order valence-electron chi connectivity index (χ3n) is 3.15. The zero-order valence-electron chi connectivity index (χ0n) is 12.4. The molecule has 0 fully saturated rings. The van der Waals surface area contributed by atoms with E-state index in [9.17, 15) is 4.39 Å². The van der Waals surface area contributed by atoms with Crippen LogP contribution in [0.15, 0.2) is 28.8 Å². The lowest BCUT2D eigenvalue weighted by atomic mass is 10.1. The summed E-state index contributed by atoms with van der Waals surface area (Å²) in [4.78, 5) is 0. The molecule has 1 aromatic carbocycles. The van der Waals surface area contributed by atoms with Gasteiger partial charge in [-0.2, -0.15) is 0 Å². The summed E-state index contributed by atoms with van der Waals surface area (Å²) in [6.07, 6.45) is 0. The number of methoxy groups -OCH3 is 1. The van der Waals surface area contributed by atoms with Gasteiger partial charge in [0, 0.05) is 30.8 Å². The highest BCUT2D eigenvalue weighted by molar-refractivity contribution is 5.36. The molecule has 114 valence electrons. The molecule has 1 aromatic heterocycles. The van der Waals surface area contributed by atoms with E-state index >= 15 is 0 Å². The summed E-state index contributed by atoms with van der Waals surface area (Å²) < 4.78 is 29.1. The second-order valence-corrected chi connectivity index (χ2v) is 4.70. The Labute approximate surface area is 123 Å². The van der Waals surface area contributed by atoms with Gasteiger partial charge in [-0.1, -0.05) is 11.2 Å². The van der Waals surface area contributed by atoms with E-state index in [4.69, 9.17) is 14.0 Å². The molecule has 0 aliphatic heterocycles. The second-order valence-electron chi connectivity index (χ2n) is 4.70. The predicted octanol–water partition coefficient (Wildman–Crippen LogP) is 2.82. The number of ether oxygens (including phenoxy) is 2. The van der Waals surface area contributed by atoms with E-state index in [0.717, 1.165) is 5.56 Å². The monoisotopic (exact) mass is 294 g/mol. The smallest absolute Gasteiger partial charge is 0.162 e. The average molecular weight is 294 g/mol. The quantitative estimate of drug-likeness (QED) is 0.851. The summed E-state index contributed by atoms with van der Waals surface area (Å²) in [5, 5.41) is 6.98. The van der Waals surface area contributed by atoms with E-state index in [1.165, 1.54) is 12.1 Å². The lowest BCUT2D eigenvalue weighted by molar-refractivity contribution is 0.155. The third kappa shape index (κ3) is 4.03. The molecule has 0 aliphatic carbocycles. The van der Waals surface area contributed by atoms with Gasteiger partial charge < -0.3 is 19.3 Å². The molecule has 0 bridgehead atoms. The van der Waals surface area contributed by atoms with E-state index in [-0.39, 0.29) is 18.5 Å². The molecule has 5 nitrogen and oxygen atoms in total. The highest BCUT2D eigenvalue weighted by Crippen LogP contribution is 2.26. The minimum Gasteiger partial charge on any atom is -0.487 e. The number of nitrogens with zero attached hydrogens (tertiary/aromatic N) is 1. The van der Waals surface area contributed by atoms with Gasteiger partial charge in [0.2, 0.25) is 0 Å². The zero-order chi connectivity index (χ0) is 15.2. The Kier molecular flexibility index (Phi) is 5.30. The lowest BCUT2D eigenvalue weighted by Crippen LogP contribution is -2.14. The normalized spacial score (nSPS) is 12.4. The fraction of sp³-hybridized carbons (Fsp3) is 0.400. The molecule has 0 aliphatic rings. The number of halogens is 1. The van der Waals surface area contributed by atoms with Crippen molar-refractivity contribution in [2.45, 2.75) is 26.2 Å². The van der Waals surface area contributed by atoms with Crippen LogP contribution in [0.5, 0.6) is 5.75 Å². The number of rotatable bonds is 7. The van der Waals surface area contributed by atoms with Crippen LogP contribution in [0.25, 0.3) is 0 Å². The maximum absolute atomic E-state index is 13.4. The average Bonchev–Trinajstić information content (AvgIpc) is 2.92. The highest BCUT2D eigenvalue weighted by atomic mass is 19.1. The molecule has 0 saturated carbocycles. The lowest BCUT2D eigenvalue weighted by Gasteiger charge is -2.16. The van der Waals surface area contributed by atoms with Crippen LogP contribution in [-0.4, -0.2) is 19.3 Å². The van der Waals surface area contributed by atoms with Crippen molar-refractivity contribution in [2.75, 3.05) is 14.2 Å². The molecule has 1 unspecified atom stereocenters. The van der Waals surface area contributed by atoms with Gasteiger partial charge in [0.05, 0.1) is 0 Å². The Morgan fingerprint density at radius 3 is 2.86 bits per heavy atom. The molecule has 1 N–H and O–H groups in total. The number of nitrogens with one attached hydrogen (secondary N) is 1. The van der Waals surface area contributed by atoms with Crippen molar-refractivity contribution in [3.05, 3.63) is 47.1 Å². The van der Waals surface area contributed by atoms with Crippen LogP contribution >= 0.6 is 0 Å². The molecule has 2 aromatic rings.